The van der Waals surface area contributed by atoms with Crippen LogP contribution in [0.5, 0.6) is 0 Å². The lowest BCUT2D eigenvalue weighted by Gasteiger charge is -2.41. The highest BCUT2D eigenvalue weighted by Crippen LogP contribution is 2.66. The highest BCUT2D eigenvalue weighted by atomic mass is 32.2. The molecule has 0 spiro atoms. The topological polar surface area (TPSA) is 91.7 Å². The maximum absolute atomic E-state index is 15.0. The van der Waals surface area contributed by atoms with Gasteiger partial charge in [0.2, 0.25) is 15.9 Å². The molecule has 46 heavy (non-hydrogen) atoms. The second-order valence-corrected chi connectivity index (χ2v) is 17.1. The van der Waals surface area contributed by atoms with Gasteiger partial charge in [-0.2, -0.15) is 0 Å². The Morgan fingerprint density at radius 1 is 0.978 bits per heavy atom. The zero-order valence-electron chi connectivity index (χ0n) is 26.9. The number of carbonyl (C=O) groups excluding carboxylic acids is 2. The van der Waals surface area contributed by atoms with E-state index in [0.717, 1.165) is 79.3 Å². The van der Waals surface area contributed by atoms with E-state index in [1.165, 1.54) is 31.9 Å². The zero-order valence-corrected chi connectivity index (χ0v) is 27.7. The molecule has 1 N–H and O–H groups in total. The molecule has 4 heterocycles. The van der Waals surface area contributed by atoms with Crippen molar-refractivity contribution in [3.05, 3.63) is 58.9 Å². The fourth-order valence-electron chi connectivity index (χ4n) is 9.30. The number of piperazine rings is 1. The smallest absolute Gasteiger partial charge is 0.264 e. The summed E-state index contributed by atoms with van der Waals surface area (Å²) in [6.07, 6.45) is 8.26. The molecule has 4 fully saturated rings. The molecule has 3 aliphatic heterocycles. The molecule has 5 aliphatic rings. The van der Waals surface area contributed by atoms with Crippen LogP contribution in [0.1, 0.15) is 98.5 Å². The van der Waals surface area contributed by atoms with Gasteiger partial charge in [-0.15, -0.1) is 0 Å². The maximum Gasteiger partial charge on any atom is 0.264 e. The van der Waals surface area contributed by atoms with E-state index < -0.39 is 26.6 Å². The minimum Gasteiger partial charge on any atom is -0.339 e. The summed E-state index contributed by atoms with van der Waals surface area (Å²) in [5.41, 5.74) is 4.54. The average Bonchev–Trinajstić information content (AvgIpc) is 3.61. The standard InChI is InChI=1S/C36H43FN4O4S/c1-21(2)46(44,45)38-34(42)23-9-13-28-31(15-23)40-20-36(35(43)41-25-11-12-26(41)19-39(3)18-25)17-30(36)29-16-24(37)10-14-27(29)33(40)32(28)22-7-5-4-6-8-22/h9-10,13-16,21-22,25-26,30H,4-8,11-12,17-20H2,1-3H3,(H,38,42)/t25?,26?,30-,36-/m0/s1. The number of likely N-dealkylation sites (N-methyl/N-ethyl adjacent to an activating group) is 1. The third-order valence-electron chi connectivity index (χ3n) is 11.7. The number of benzene rings is 2. The summed E-state index contributed by atoms with van der Waals surface area (Å²) in [6.45, 7) is 5.27. The highest BCUT2D eigenvalue weighted by Gasteiger charge is 2.65. The van der Waals surface area contributed by atoms with Gasteiger partial charge in [0.25, 0.3) is 5.91 Å². The average molecular weight is 647 g/mol. The molecule has 4 atom stereocenters. The maximum atomic E-state index is 15.0. The molecular weight excluding hydrogens is 603 g/mol. The number of aromatic nitrogens is 1. The van der Waals surface area contributed by atoms with Crippen molar-refractivity contribution in [3.8, 4) is 11.3 Å². The van der Waals surface area contributed by atoms with Gasteiger partial charge in [-0.05, 0) is 100 Å². The molecule has 0 radical (unpaired) electrons. The summed E-state index contributed by atoms with van der Waals surface area (Å²) in [7, 11) is -1.69. The normalized spacial score (nSPS) is 27.7. The van der Waals surface area contributed by atoms with Crippen LogP contribution < -0.4 is 4.72 Å². The number of hydrogen-bond acceptors (Lipinski definition) is 5. The molecule has 1 aromatic heterocycles. The Morgan fingerprint density at radius 3 is 2.39 bits per heavy atom. The second kappa shape index (κ2) is 10.6. The highest BCUT2D eigenvalue weighted by molar-refractivity contribution is 7.90. The molecule has 10 heteroatoms. The number of nitrogens with zero attached hydrogens (tertiary/aromatic N) is 3. The summed E-state index contributed by atoms with van der Waals surface area (Å²) >= 11 is 0. The monoisotopic (exact) mass is 646 g/mol. The Labute approximate surface area is 270 Å². The molecule has 2 amide bonds. The number of rotatable bonds is 5. The van der Waals surface area contributed by atoms with Gasteiger partial charge in [-0.3, -0.25) is 9.59 Å². The van der Waals surface area contributed by atoms with Crippen molar-refractivity contribution in [1.29, 1.82) is 0 Å². The van der Waals surface area contributed by atoms with E-state index in [1.807, 2.05) is 12.1 Å². The number of sulfonamides is 1. The fraction of sp³-hybridized carbons (Fsp3) is 0.556. The Hall–Kier alpha value is -3.24. The van der Waals surface area contributed by atoms with E-state index in [2.05, 4.69) is 26.1 Å². The van der Waals surface area contributed by atoms with Crippen molar-refractivity contribution >= 4 is 32.7 Å². The van der Waals surface area contributed by atoms with Gasteiger partial charge in [0.05, 0.1) is 16.4 Å². The number of hydrogen-bond donors (Lipinski definition) is 1. The Morgan fingerprint density at radius 2 is 1.70 bits per heavy atom. The van der Waals surface area contributed by atoms with Gasteiger partial charge in [0, 0.05) is 59.7 Å². The van der Waals surface area contributed by atoms with Crippen LogP contribution in [0.15, 0.2) is 36.4 Å². The molecular formula is C36H43FN4O4S. The first-order valence-electron chi connectivity index (χ1n) is 17.0. The molecule has 8 nitrogen and oxygen atoms in total. The number of amides is 2. The predicted octanol–water partition coefficient (Wildman–Crippen LogP) is 5.76. The first-order valence-corrected chi connectivity index (χ1v) is 18.6. The Bertz CT molecular complexity index is 1870. The number of nitrogens with one attached hydrogen (secondary N) is 1. The van der Waals surface area contributed by atoms with Crippen LogP contribution >= 0.6 is 0 Å². The summed E-state index contributed by atoms with van der Waals surface area (Å²) in [6, 6.07) is 10.9. The van der Waals surface area contributed by atoms with Crippen LogP contribution in [0, 0.1) is 11.2 Å². The molecule has 2 bridgehead atoms. The van der Waals surface area contributed by atoms with Crippen LogP contribution in [-0.4, -0.2) is 72.1 Å². The number of fused-ring (bicyclic) bond motifs is 9. The second-order valence-electron chi connectivity index (χ2n) is 14.9. The molecule has 2 saturated carbocycles. The van der Waals surface area contributed by atoms with Crippen LogP contribution in [0.25, 0.3) is 22.2 Å². The minimum absolute atomic E-state index is 0.0819. The Kier molecular flexibility index (Phi) is 6.96. The first-order chi connectivity index (χ1) is 22.0. The van der Waals surface area contributed by atoms with E-state index in [1.54, 1.807) is 18.2 Å². The predicted molar refractivity (Wildman–Crippen MR) is 176 cm³/mol. The number of likely N-dealkylation sites (tertiary alicyclic amines) is 1. The van der Waals surface area contributed by atoms with Crippen molar-refractivity contribution in [3.63, 3.8) is 0 Å². The summed E-state index contributed by atoms with van der Waals surface area (Å²) in [5.74, 6) is -0.548. The Balaban J connectivity index is 1.32. The van der Waals surface area contributed by atoms with Crippen LogP contribution in [0.4, 0.5) is 4.39 Å². The molecule has 2 saturated heterocycles. The van der Waals surface area contributed by atoms with E-state index >= 15 is 4.39 Å². The third-order valence-corrected chi connectivity index (χ3v) is 13.4. The summed E-state index contributed by atoms with van der Waals surface area (Å²) in [4.78, 5) is 32.7. The van der Waals surface area contributed by atoms with Crippen molar-refractivity contribution in [2.24, 2.45) is 5.41 Å². The van der Waals surface area contributed by atoms with Crippen LogP contribution in [0.3, 0.4) is 0 Å². The lowest BCUT2D eigenvalue weighted by molar-refractivity contribution is -0.143. The lowest BCUT2D eigenvalue weighted by Crippen LogP contribution is -2.57. The number of halogens is 1. The largest absolute Gasteiger partial charge is 0.339 e. The van der Waals surface area contributed by atoms with Crippen molar-refractivity contribution in [2.45, 2.75) is 101 Å². The number of carbonyl (C=O) groups is 2. The zero-order chi connectivity index (χ0) is 32.1. The van der Waals surface area contributed by atoms with Gasteiger partial charge in [-0.25, -0.2) is 17.5 Å². The van der Waals surface area contributed by atoms with Gasteiger partial charge in [0.15, 0.2) is 0 Å². The van der Waals surface area contributed by atoms with Crippen molar-refractivity contribution in [1.82, 2.24) is 19.1 Å². The first kappa shape index (κ1) is 30.1. The SMILES string of the molecule is CC(C)S(=O)(=O)NC(=O)c1ccc2c(C3CCCCC3)c3n(c2c1)C[C@@]1(C(=O)N2C4CCC2CN(C)C4)C[C@H]1c1cc(F)ccc1-3. The van der Waals surface area contributed by atoms with E-state index in [9.17, 15) is 18.0 Å². The molecule has 2 unspecified atom stereocenters. The fourth-order valence-corrected chi connectivity index (χ4v) is 9.91. The van der Waals surface area contributed by atoms with Crippen LogP contribution in [-0.2, 0) is 21.4 Å². The van der Waals surface area contributed by atoms with Crippen molar-refractivity contribution < 1.29 is 22.4 Å². The lowest BCUT2D eigenvalue weighted by atomic mass is 9.81. The molecule has 3 aromatic rings. The van der Waals surface area contributed by atoms with Crippen molar-refractivity contribution in [2.75, 3.05) is 20.1 Å². The van der Waals surface area contributed by atoms with Gasteiger partial charge >= 0.3 is 0 Å². The van der Waals surface area contributed by atoms with Gasteiger partial charge in [0.1, 0.15) is 5.82 Å². The van der Waals surface area contributed by atoms with E-state index in [-0.39, 0.29) is 35.3 Å². The molecule has 244 valence electrons. The van der Waals surface area contributed by atoms with E-state index in [0.29, 0.717) is 18.9 Å². The van der Waals surface area contributed by atoms with Crippen LogP contribution in [0.2, 0.25) is 0 Å². The van der Waals surface area contributed by atoms with Gasteiger partial charge < -0.3 is 14.4 Å². The quantitative estimate of drug-likeness (QED) is 0.381. The third kappa shape index (κ3) is 4.57. The summed E-state index contributed by atoms with van der Waals surface area (Å²) < 4.78 is 44.8. The molecule has 2 aromatic carbocycles. The van der Waals surface area contributed by atoms with Gasteiger partial charge in [-0.1, -0.05) is 25.3 Å². The minimum atomic E-state index is -3.82. The molecule has 2 aliphatic carbocycles. The molecule has 8 rings (SSSR count). The van der Waals surface area contributed by atoms with E-state index in [4.69, 9.17) is 0 Å². The summed E-state index contributed by atoms with van der Waals surface area (Å²) in [5, 5.41) is 0.281.